The molecule has 24 heteroatoms. The van der Waals surface area contributed by atoms with Crippen LogP contribution in [-0.2, 0) is 47.2 Å². The Bertz CT molecular complexity index is 1820. The molecule has 4 amide bonds. The molecule has 0 saturated carbocycles. The minimum atomic E-state index is -1.84. The lowest BCUT2D eigenvalue weighted by Gasteiger charge is -2.49. The van der Waals surface area contributed by atoms with Crippen molar-refractivity contribution in [1.29, 1.82) is 0 Å². The minimum Gasteiger partial charge on any atom is -0.478 e. The number of carboxylic acids is 2. The predicted molar refractivity (Wildman–Crippen MR) is 186 cm³/mol. The van der Waals surface area contributed by atoms with Crippen molar-refractivity contribution in [2.45, 2.75) is 62.7 Å². The largest absolute Gasteiger partial charge is 0.478 e. The maximum atomic E-state index is 13.4. The van der Waals surface area contributed by atoms with E-state index < -0.39 is 64.3 Å². The van der Waals surface area contributed by atoms with Crippen LogP contribution in [0.5, 0.6) is 0 Å². The Morgan fingerprint density at radius 3 is 2.50 bits per heavy atom. The fourth-order valence-corrected chi connectivity index (χ4v) is 6.76. The molecule has 22 nitrogen and oxygen atoms in total. The molecule has 2 aliphatic heterocycles. The number of anilines is 3. The minimum absolute atomic E-state index is 0.0172. The highest BCUT2D eigenvalue weighted by atomic mass is 32.2. The molecule has 282 valence electrons. The van der Waals surface area contributed by atoms with Crippen molar-refractivity contribution < 1.29 is 48.5 Å². The molecule has 0 aliphatic carbocycles. The van der Waals surface area contributed by atoms with Crippen LogP contribution < -0.4 is 43.6 Å². The van der Waals surface area contributed by atoms with E-state index in [0.717, 1.165) is 16.4 Å². The predicted octanol–water partition coefficient (Wildman–Crippen LogP) is -3.14. The number of rotatable bonds is 17. The number of nitrogen functional groups attached to an aromatic ring is 2. The number of nitrogens with zero attached hydrogens (tertiary/aromatic N) is 6. The van der Waals surface area contributed by atoms with Crippen LogP contribution >= 0.6 is 23.3 Å². The van der Waals surface area contributed by atoms with Gasteiger partial charge in [-0.3, -0.25) is 24.1 Å². The van der Waals surface area contributed by atoms with E-state index >= 15 is 0 Å². The van der Waals surface area contributed by atoms with Crippen LogP contribution in [0.25, 0.3) is 0 Å². The Morgan fingerprint density at radius 1 is 1.19 bits per heavy atom. The summed E-state index contributed by atoms with van der Waals surface area (Å²) in [6.07, 6.45) is 2.25. The Balaban J connectivity index is 1.52. The number of aliphatic carboxylic acids is 2. The summed E-state index contributed by atoms with van der Waals surface area (Å²) in [5.74, 6) is -5.44. The number of nitrogens with one attached hydrogen (secondary N) is 3. The van der Waals surface area contributed by atoms with E-state index in [0.29, 0.717) is 18.5 Å². The number of carbonyl (C=O) groups excluding carboxylic acids is 4. The second kappa shape index (κ2) is 16.3. The van der Waals surface area contributed by atoms with Crippen molar-refractivity contribution in [3.05, 3.63) is 23.3 Å². The maximum Gasteiger partial charge on any atom is 0.352 e. The number of aromatic nitrogens is 4. The third-order valence-electron chi connectivity index (χ3n) is 7.90. The number of carbonyl (C=O) groups is 6. The van der Waals surface area contributed by atoms with E-state index in [1.165, 1.54) is 36.5 Å². The van der Waals surface area contributed by atoms with Crippen LogP contribution in [0.2, 0.25) is 0 Å². The highest BCUT2D eigenvalue weighted by Gasteiger charge is 2.55. The summed E-state index contributed by atoms with van der Waals surface area (Å²) in [6.45, 7) is 2.76. The van der Waals surface area contributed by atoms with Crippen molar-refractivity contribution in [2.24, 2.45) is 23.7 Å². The van der Waals surface area contributed by atoms with E-state index in [1.807, 2.05) is 0 Å². The lowest BCUT2D eigenvalue weighted by Crippen LogP contribution is -2.71. The first-order valence-electron chi connectivity index (χ1n) is 15.7. The van der Waals surface area contributed by atoms with Gasteiger partial charge in [0.15, 0.2) is 23.2 Å². The summed E-state index contributed by atoms with van der Waals surface area (Å²) in [5.41, 5.74) is 20.8. The van der Waals surface area contributed by atoms with Crippen LogP contribution in [-0.4, -0.2) is 112 Å². The second-order valence-electron chi connectivity index (χ2n) is 12.0. The molecule has 4 rings (SSSR count). The molecule has 2 aromatic heterocycles. The standard InChI is InChI=1S/C28H39N13O9S2/c1-28(2,26(48)49)50-37-16(20-36-27(32)52-38-20)22(44)35-17-23(45)41-18(25(46)47)12(11-51-24(17)41)9-40-10-14(19(31)39(40)3)34-21(43)13(5-4-7-29)33-15(42)6-8-30/h10,13,17,24,31H,4-9,11,29-30H2,1-3H3,(H7,32,33,34,35,36,38,42,43,44,46,47,48,49)/p+1/b37-16-/t13-,17+,24+/m0/s1. The number of nitrogens with two attached hydrogens (primary N) is 4. The summed E-state index contributed by atoms with van der Waals surface area (Å²) in [7, 11) is 1.59. The molecule has 0 aromatic carbocycles. The fourth-order valence-electron chi connectivity index (χ4n) is 4.99. The Labute approximate surface area is 304 Å². The van der Waals surface area contributed by atoms with Gasteiger partial charge in [0.25, 0.3) is 11.8 Å². The molecule has 13 N–H and O–H groups in total. The average molecular weight is 767 g/mol. The van der Waals surface area contributed by atoms with Gasteiger partial charge in [-0.15, -0.1) is 21.1 Å². The Hall–Kier alpha value is -5.33. The van der Waals surface area contributed by atoms with Gasteiger partial charge in [0.2, 0.25) is 35.1 Å². The van der Waals surface area contributed by atoms with Crippen LogP contribution in [0.3, 0.4) is 0 Å². The molecule has 1 saturated heterocycles. The molecule has 0 unspecified atom stereocenters. The van der Waals surface area contributed by atoms with Crippen LogP contribution in [0.1, 0.15) is 38.9 Å². The molecule has 52 heavy (non-hydrogen) atoms. The quantitative estimate of drug-likeness (QED) is 0.0332. The lowest BCUT2D eigenvalue weighted by atomic mass is 10.0. The first kappa shape index (κ1) is 39.5. The summed E-state index contributed by atoms with van der Waals surface area (Å²) in [5, 5.41) is 30.2. The third kappa shape index (κ3) is 8.58. The zero-order valence-corrected chi connectivity index (χ0v) is 30.0. The summed E-state index contributed by atoms with van der Waals surface area (Å²) in [6, 6.07) is -2.10. The van der Waals surface area contributed by atoms with Gasteiger partial charge in [-0.05, 0) is 33.2 Å². The fraction of sp³-hybridized carbons (Fsp3) is 0.500. The van der Waals surface area contributed by atoms with Crippen molar-refractivity contribution in [3.8, 4) is 0 Å². The smallest absolute Gasteiger partial charge is 0.352 e. The summed E-state index contributed by atoms with van der Waals surface area (Å²) in [4.78, 5) is 86.1. The number of fused-ring (bicyclic) bond motifs is 1. The van der Waals surface area contributed by atoms with Crippen LogP contribution in [0, 0.1) is 0 Å². The van der Waals surface area contributed by atoms with Crippen LogP contribution in [0.15, 0.2) is 22.6 Å². The molecule has 0 spiro atoms. The maximum absolute atomic E-state index is 13.4. The van der Waals surface area contributed by atoms with Gasteiger partial charge in [0, 0.05) is 35.8 Å². The number of oxime groups is 1. The van der Waals surface area contributed by atoms with Gasteiger partial charge in [-0.25, -0.2) is 9.59 Å². The number of hydrogen-bond donors (Lipinski definition) is 9. The summed E-state index contributed by atoms with van der Waals surface area (Å²) < 4.78 is 6.95. The van der Waals surface area contributed by atoms with Crippen molar-refractivity contribution in [2.75, 3.05) is 35.6 Å². The van der Waals surface area contributed by atoms with Crippen molar-refractivity contribution in [1.82, 2.24) is 29.6 Å². The van der Waals surface area contributed by atoms with Gasteiger partial charge in [0.05, 0.1) is 7.05 Å². The first-order chi connectivity index (χ1) is 24.5. The number of hydrogen-bond acceptors (Lipinski definition) is 16. The molecule has 2 aliphatic rings. The summed E-state index contributed by atoms with van der Waals surface area (Å²) >= 11 is 1.93. The first-order valence-corrected chi connectivity index (χ1v) is 17.5. The van der Waals surface area contributed by atoms with Gasteiger partial charge in [0.1, 0.15) is 23.2 Å². The van der Waals surface area contributed by atoms with E-state index in [1.54, 1.807) is 11.7 Å². The van der Waals surface area contributed by atoms with Crippen molar-refractivity contribution >= 4 is 81.2 Å². The lowest BCUT2D eigenvalue weighted by molar-refractivity contribution is -0.765. The Kier molecular flexibility index (Phi) is 12.4. The third-order valence-corrected chi connectivity index (χ3v) is 9.79. The molecule has 0 bridgehead atoms. The highest BCUT2D eigenvalue weighted by Crippen LogP contribution is 2.40. The second-order valence-corrected chi connectivity index (χ2v) is 13.9. The van der Waals surface area contributed by atoms with Gasteiger partial charge >= 0.3 is 11.9 Å². The number of carboxylic acid groups (broad SMARTS) is 2. The molecule has 4 heterocycles. The zero-order valence-electron chi connectivity index (χ0n) is 28.3. The molecular weight excluding hydrogens is 727 g/mol. The molecule has 3 atom stereocenters. The molecule has 1 fully saturated rings. The van der Waals surface area contributed by atoms with Gasteiger partial charge in [-0.2, -0.15) is 9.36 Å². The number of amides is 4. The van der Waals surface area contributed by atoms with Gasteiger partial charge < -0.3 is 53.9 Å². The van der Waals surface area contributed by atoms with E-state index in [9.17, 15) is 39.0 Å². The molecular formula is C28H40N13O9S2+. The number of β-lactam (4-membered cyclic amide) rings is 1. The Morgan fingerprint density at radius 2 is 1.90 bits per heavy atom. The normalized spacial score (nSPS) is 17.9. The van der Waals surface area contributed by atoms with E-state index in [-0.39, 0.29) is 59.8 Å². The topological polar surface area (TPSA) is 342 Å². The van der Waals surface area contributed by atoms with E-state index in [4.69, 9.17) is 27.8 Å². The monoisotopic (exact) mass is 766 g/mol. The van der Waals surface area contributed by atoms with E-state index in [2.05, 4.69) is 30.5 Å². The molecule has 2 aromatic rings. The SMILES string of the molecule is Cn1c(N)c(NC(=O)[C@H](CCCN)NC(=O)CCN)c[n+]1CC1=C(C(=O)O)N2C(=O)[C@@H](NC(=O)/C(=N\OC(C)(C)C(=O)O)c3nsc(N)n3)[C@H]2SC1. The highest BCUT2D eigenvalue weighted by molar-refractivity contribution is 8.00. The van der Waals surface area contributed by atoms with Crippen LogP contribution in [0.4, 0.5) is 16.6 Å². The zero-order chi connectivity index (χ0) is 38.5. The number of thioether (sulfide) groups is 1. The molecule has 0 radical (unpaired) electrons. The van der Waals surface area contributed by atoms with Gasteiger partial charge in [-0.1, -0.05) is 5.16 Å². The van der Waals surface area contributed by atoms with Crippen molar-refractivity contribution in [3.63, 3.8) is 0 Å². The average Bonchev–Trinajstić information content (AvgIpc) is 3.62.